The van der Waals surface area contributed by atoms with Crippen molar-refractivity contribution in [3.8, 4) is 0 Å². The first-order valence-corrected chi connectivity index (χ1v) is 6.58. The molecule has 0 unspecified atom stereocenters. The van der Waals surface area contributed by atoms with Crippen LogP contribution in [0.4, 0.5) is 16.3 Å². The van der Waals surface area contributed by atoms with Crippen LogP contribution < -0.4 is 10.6 Å². The topological polar surface area (TPSA) is 62.7 Å². The van der Waals surface area contributed by atoms with Crippen LogP contribution in [-0.2, 0) is 0 Å². The van der Waals surface area contributed by atoms with Crippen LogP contribution >= 0.6 is 0 Å². The van der Waals surface area contributed by atoms with Crippen LogP contribution in [0.25, 0.3) is 0 Å². The fourth-order valence-corrected chi connectivity index (χ4v) is 2.17. The second-order valence-electron chi connectivity index (χ2n) is 5.03. The predicted molar refractivity (Wildman–Crippen MR) is 69.0 cm³/mol. The summed E-state index contributed by atoms with van der Waals surface area (Å²) in [6.45, 7) is 3.91. The minimum Gasteiger partial charge on any atom is -0.352 e. The number of anilines is 2. The summed E-state index contributed by atoms with van der Waals surface area (Å²) in [5.74, 6) is 0.619. The minimum atomic E-state index is -0.744. The van der Waals surface area contributed by atoms with Gasteiger partial charge in [-0.2, -0.15) is 19.3 Å². The highest BCUT2D eigenvalue weighted by atomic mass is 19.1. The molecule has 0 saturated heterocycles. The molecule has 1 saturated carbocycles. The second kappa shape index (κ2) is 5.93. The molecule has 0 amide bonds. The van der Waals surface area contributed by atoms with E-state index in [2.05, 4.69) is 25.6 Å². The summed E-state index contributed by atoms with van der Waals surface area (Å²) in [6, 6.07) is 0.516. The molecule has 5 nitrogen and oxygen atoms in total. The number of rotatable bonds is 4. The number of nitrogens with zero attached hydrogens (tertiary/aromatic N) is 3. The van der Waals surface area contributed by atoms with Crippen molar-refractivity contribution < 1.29 is 4.39 Å². The SMILES string of the molecule is CC(C)Nc1nc(F)nc(NC2CCCCC2)n1. The second-order valence-corrected chi connectivity index (χ2v) is 5.03. The van der Waals surface area contributed by atoms with Gasteiger partial charge in [0.15, 0.2) is 0 Å². The molecule has 18 heavy (non-hydrogen) atoms. The molecule has 0 aliphatic heterocycles. The lowest BCUT2D eigenvalue weighted by molar-refractivity contribution is 0.458. The maximum atomic E-state index is 13.3. The lowest BCUT2D eigenvalue weighted by Crippen LogP contribution is -2.24. The largest absolute Gasteiger partial charge is 0.352 e. The number of halogens is 1. The molecule has 2 N–H and O–H groups in total. The van der Waals surface area contributed by atoms with Gasteiger partial charge >= 0.3 is 6.08 Å². The van der Waals surface area contributed by atoms with Gasteiger partial charge in [-0.1, -0.05) is 19.3 Å². The lowest BCUT2D eigenvalue weighted by Gasteiger charge is -2.22. The summed E-state index contributed by atoms with van der Waals surface area (Å²) in [6.07, 6.45) is 5.15. The summed E-state index contributed by atoms with van der Waals surface area (Å²) in [4.78, 5) is 11.5. The van der Waals surface area contributed by atoms with Crippen LogP contribution in [0.5, 0.6) is 0 Å². The van der Waals surface area contributed by atoms with Crippen molar-refractivity contribution in [2.24, 2.45) is 0 Å². The molecule has 0 bridgehead atoms. The first kappa shape index (κ1) is 13.0. The first-order valence-electron chi connectivity index (χ1n) is 6.58. The summed E-state index contributed by atoms with van der Waals surface area (Å²) in [5.41, 5.74) is 0. The molecule has 100 valence electrons. The Morgan fingerprint density at radius 3 is 2.39 bits per heavy atom. The van der Waals surface area contributed by atoms with Gasteiger partial charge in [0.2, 0.25) is 11.9 Å². The van der Waals surface area contributed by atoms with Gasteiger partial charge < -0.3 is 10.6 Å². The fourth-order valence-electron chi connectivity index (χ4n) is 2.17. The third-order valence-corrected chi connectivity index (χ3v) is 2.96. The molecule has 1 aliphatic carbocycles. The van der Waals surface area contributed by atoms with Gasteiger partial charge in [-0.3, -0.25) is 0 Å². The van der Waals surface area contributed by atoms with E-state index < -0.39 is 6.08 Å². The first-order chi connectivity index (χ1) is 8.63. The number of hydrogen-bond acceptors (Lipinski definition) is 5. The highest BCUT2D eigenvalue weighted by molar-refractivity contribution is 5.34. The highest BCUT2D eigenvalue weighted by Crippen LogP contribution is 2.20. The van der Waals surface area contributed by atoms with E-state index in [0.29, 0.717) is 12.0 Å². The average molecular weight is 253 g/mol. The molecule has 0 atom stereocenters. The zero-order chi connectivity index (χ0) is 13.0. The molecule has 1 aromatic rings. The normalized spacial score (nSPS) is 16.9. The van der Waals surface area contributed by atoms with Crippen molar-refractivity contribution >= 4 is 11.9 Å². The van der Waals surface area contributed by atoms with Crippen molar-refractivity contribution in [2.45, 2.75) is 58.0 Å². The summed E-state index contributed by atoms with van der Waals surface area (Å²) < 4.78 is 13.3. The van der Waals surface area contributed by atoms with Gasteiger partial charge in [0.05, 0.1) is 0 Å². The Morgan fingerprint density at radius 1 is 1.06 bits per heavy atom. The Bertz CT molecular complexity index is 390. The third-order valence-electron chi connectivity index (χ3n) is 2.96. The van der Waals surface area contributed by atoms with Crippen molar-refractivity contribution in [1.82, 2.24) is 15.0 Å². The minimum absolute atomic E-state index is 0.161. The van der Waals surface area contributed by atoms with E-state index >= 15 is 0 Å². The van der Waals surface area contributed by atoms with Crippen LogP contribution in [-0.4, -0.2) is 27.0 Å². The maximum absolute atomic E-state index is 13.3. The van der Waals surface area contributed by atoms with Crippen molar-refractivity contribution in [3.63, 3.8) is 0 Å². The van der Waals surface area contributed by atoms with Crippen LogP contribution in [0.3, 0.4) is 0 Å². The van der Waals surface area contributed by atoms with Gasteiger partial charge in [-0.15, -0.1) is 0 Å². The molecule has 0 radical (unpaired) electrons. The number of hydrogen-bond donors (Lipinski definition) is 2. The Hall–Kier alpha value is -1.46. The number of nitrogens with one attached hydrogen (secondary N) is 2. The van der Waals surface area contributed by atoms with Crippen LogP contribution in [0.15, 0.2) is 0 Å². The molecule has 6 heteroatoms. The van der Waals surface area contributed by atoms with Crippen molar-refractivity contribution in [1.29, 1.82) is 0 Å². The van der Waals surface area contributed by atoms with E-state index in [1.807, 2.05) is 13.8 Å². The highest BCUT2D eigenvalue weighted by Gasteiger charge is 2.15. The van der Waals surface area contributed by atoms with Crippen LogP contribution in [0, 0.1) is 6.08 Å². The average Bonchev–Trinajstić information content (AvgIpc) is 2.28. The summed E-state index contributed by atoms with van der Waals surface area (Å²) >= 11 is 0. The predicted octanol–water partition coefficient (Wildman–Crippen LogP) is 2.58. The molecule has 2 rings (SSSR count). The van der Waals surface area contributed by atoms with Gasteiger partial charge in [0, 0.05) is 12.1 Å². The Labute approximate surface area is 107 Å². The Balaban J connectivity index is 2.04. The molecule has 1 fully saturated rings. The molecule has 1 aliphatic rings. The molecule has 1 aromatic heterocycles. The molecule has 0 spiro atoms. The fraction of sp³-hybridized carbons (Fsp3) is 0.750. The van der Waals surface area contributed by atoms with E-state index in [1.165, 1.54) is 19.3 Å². The zero-order valence-corrected chi connectivity index (χ0v) is 10.9. The van der Waals surface area contributed by atoms with Crippen LogP contribution in [0.2, 0.25) is 0 Å². The van der Waals surface area contributed by atoms with Crippen molar-refractivity contribution in [2.75, 3.05) is 10.6 Å². The molecular formula is C12H20FN5. The summed E-state index contributed by atoms with van der Waals surface area (Å²) in [7, 11) is 0. The smallest absolute Gasteiger partial charge is 0.315 e. The zero-order valence-electron chi connectivity index (χ0n) is 10.9. The Morgan fingerprint density at radius 2 is 1.72 bits per heavy atom. The van der Waals surface area contributed by atoms with Gasteiger partial charge in [-0.05, 0) is 26.7 Å². The van der Waals surface area contributed by atoms with Crippen LogP contribution in [0.1, 0.15) is 46.0 Å². The molecule has 0 aromatic carbocycles. The Kier molecular flexibility index (Phi) is 4.28. The van der Waals surface area contributed by atoms with Gasteiger partial charge in [0.1, 0.15) is 0 Å². The van der Waals surface area contributed by atoms with E-state index in [1.54, 1.807) is 0 Å². The quantitative estimate of drug-likeness (QED) is 0.863. The van der Waals surface area contributed by atoms with E-state index in [0.717, 1.165) is 12.8 Å². The van der Waals surface area contributed by atoms with E-state index in [9.17, 15) is 4.39 Å². The van der Waals surface area contributed by atoms with Gasteiger partial charge in [0.25, 0.3) is 0 Å². The lowest BCUT2D eigenvalue weighted by atomic mass is 9.96. The standard InChI is InChI=1S/C12H20FN5/c1-8(2)14-11-16-10(13)17-12(18-11)15-9-6-4-3-5-7-9/h8-9H,3-7H2,1-2H3,(H2,14,15,16,17,18). The molecular weight excluding hydrogens is 233 g/mol. The summed E-state index contributed by atoms with van der Waals surface area (Å²) in [5, 5.41) is 6.17. The monoisotopic (exact) mass is 253 g/mol. The third kappa shape index (κ3) is 3.78. The van der Waals surface area contributed by atoms with Gasteiger partial charge in [-0.25, -0.2) is 0 Å². The maximum Gasteiger partial charge on any atom is 0.315 e. The van der Waals surface area contributed by atoms with E-state index in [-0.39, 0.29) is 12.0 Å². The molecule has 1 heterocycles. The van der Waals surface area contributed by atoms with Crippen molar-refractivity contribution in [3.05, 3.63) is 6.08 Å². The van der Waals surface area contributed by atoms with E-state index in [4.69, 9.17) is 0 Å². The number of aromatic nitrogens is 3.